The van der Waals surface area contributed by atoms with Gasteiger partial charge in [0.25, 0.3) is 0 Å². The third-order valence-corrected chi connectivity index (χ3v) is 2.04. The molecule has 0 aliphatic heterocycles. The van der Waals surface area contributed by atoms with Crippen molar-refractivity contribution in [2.75, 3.05) is 0 Å². The molecule has 1 aromatic heterocycles. The van der Waals surface area contributed by atoms with E-state index in [1.807, 2.05) is 40.8 Å². The molecule has 0 N–H and O–H groups in total. The maximum absolute atomic E-state index is 12.2. The third kappa shape index (κ3) is 2.95. The normalized spacial score (nSPS) is 11.1. The van der Waals surface area contributed by atoms with Gasteiger partial charge in [-0.2, -0.15) is 0 Å². The SMILES string of the molecule is CC(C)=CN(C(=O)n1ccnc1)C(C)(C)C. The summed E-state index contributed by atoms with van der Waals surface area (Å²) in [6.45, 7) is 9.95. The first-order valence-electron chi connectivity index (χ1n) is 5.29. The second-order valence-corrected chi connectivity index (χ2v) is 5.00. The van der Waals surface area contributed by atoms with E-state index in [1.165, 1.54) is 10.9 Å². The highest BCUT2D eigenvalue weighted by atomic mass is 16.2. The van der Waals surface area contributed by atoms with Gasteiger partial charge in [-0.3, -0.25) is 9.47 Å². The van der Waals surface area contributed by atoms with E-state index in [9.17, 15) is 4.79 Å². The fraction of sp³-hybridized carbons (Fsp3) is 0.500. The minimum absolute atomic E-state index is 0.0915. The number of amides is 1. The Hall–Kier alpha value is -1.58. The lowest BCUT2D eigenvalue weighted by molar-refractivity contribution is 0.180. The Morgan fingerprint density at radius 3 is 2.38 bits per heavy atom. The molecule has 0 saturated heterocycles. The second-order valence-electron chi connectivity index (χ2n) is 5.00. The molecule has 0 aliphatic carbocycles. The van der Waals surface area contributed by atoms with E-state index in [0.717, 1.165) is 5.57 Å². The first-order chi connectivity index (χ1) is 7.32. The molecule has 4 heteroatoms. The molecule has 4 nitrogen and oxygen atoms in total. The fourth-order valence-electron chi connectivity index (χ4n) is 1.29. The van der Waals surface area contributed by atoms with Gasteiger partial charge >= 0.3 is 6.03 Å². The quantitative estimate of drug-likeness (QED) is 0.731. The van der Waals surface area contributed by atoms with Crippen LogP contribution >= 0.6 is 0 Å². The highest BCUT2D eigenvalue weighted by Crippen LogP contribution is 2.16. The maximum atomic E-state index is 12.2. The summed E-state index contributed by atoms with van der Waals surface area (Å²) in [5, 5.41) is 0. The monoisotopic (exact) mass is 221 g/mol. The largest absolute Gasteiger partial charge is 0.333 e. The van der Waals surface area contributed by atoms with Crippen molar-refractivity contribution in [1.82, 2.24) is 14.5 Å². The molecule has 88 valence electrons. The first-order valence-corrected chi connectivity index (χ1v) is 5.29. The van der Waals surface area contributed by atoms with E-state index < -0.39 is 0 Å². The van der Waals surface area contributed by atoms with Crippen LogP contribution in [-0.4, -0.2) is 26.0 Å². The topological polar surface area (TPSA) is 38.1 Å². The zero-order valence-electron chi connectivity index (χ0n) is 10.6. The molecule has 1 rings (SSSR count). The van der Waals surface area contributed by atoms with Gasteiger partial charge in [-0.1, -0.05) is 5.57 Å². The Labute approximate surface area is 96.6 Å². The van der Waals surface area contributed by atoms with Crippen molar-refractivity contribution in [3.8, 4) is 0 Å². The van der Waals surface area contributed by atoms with Gasteiger partial charge in [0.15, 0.2) is 0 Å². The molecule has 16 heavy (non-hydrogen) atoms. The average Bonchev–Trinajstić information content (AvgIpc) is 2.63. The molecule has 1 heterocycles. The van der Waals surface area contributed by atoms with Crippen LogP contribution in [0.25, 0.3) is 0 Å². The first kappa shape index (κ1) is 12.5. The summed E-state index contributed by atoms with van der Waals surface area (Å²) in [5.41, 5.74) is 0.835. The van der Waals surface area contributed by atoms with E-state index in [4.69, 9.17) is 0 Å². The smallest absolute Gasteiger partial charge is 0.295 e. The average molecular weight is 221 g/mol. The van der Waals surface area contributed by atoms with Crippen molar-refractivity contribution in [2.45, 2.75) is 40.2 Å². The molecule has 0 fully saturated rings. The van der Waals surface area contributed by atoms with Crippen molar-refractivity contribution in [3.05, 3.63) is 30.5 Å². The highest BCUT2D eigenvalue weighted by Gasteiger charge is 2.25. The van der Waals surface area contributed by atoms with Crippen molar-refractivity contribution >= 4 is 6.03 Å². The summed E-state index contributed by atoms with van der Waals surface area (Å²) in [7, 11) is 0. The maximum Gasteiger partial charge on any atom is 0.333 e. The Morgan fingerprint density at radius 1 is 1.38 bits per heavy atom. The number of carbonyl (C=O) groups is 1. The molecule has 0 radical (unpaired) electrons. The summed E-state index contributed by atoms with van der Waals surface area (Å²) >= 11 is 0. The van der Waals surface area contributed by atoms with Gasteiger partial charge in [-0.05, 0) is 34.6 Å². The molecule has 0 atom stereocenters. The number of hydrogen-bond donors (Lipinski definition) is 0. The van der Waals surface area contributed by atoms with Gasteiger partial charge in [0.1, 0.15) is 6.33 Å². The molecule has 0 saturated carbocycles. The van der Waals surface area contributed by atoms with Gasteiger partial charge in [0.05, 0.1) is 0 Å². The van der Waals surface area contributed by atoms with Crippen LogP contribution in [0.4, 0.5) is 4.79 Å². The van der Waals surface area contributed by atoms with Gasteiger partial charge in [0, 0.05) is 24.1 Å². The Kier molecular flexibility index (Phi) is 3.52. The van der Waals surface area contributed by atoms with Gasteiger partial charge < -0.3 is 0 Å². The van der Waals surface area contributed by atoms with Crippen LogP contribution in [0.3, 0.4) is 0 Å². The lowest BCUT2D eigenvalue weighted by Crippen LogP contribution is -2.43. The summed E-state index contributed by atoms with van der Waals surface area (Å²) in [6.07, 6.45) is 6.63. The predicted octanol–water partition coefficient (Wildman–Crippen LogP) is 2.88. The molecule has 1 aromatic rings. The number of aromatic nitrogens is 2. The lowest BCUT2D eigenvalue weighted by Gasteiger charge is -2.33. The van der Waals surface area contributed by atoms with E-state index in [2.05, 4.69) is 4.98 Å². The van der Waals surface area contributed by atoms with Crippen LogP contribution in [0.1, 0.15) is 34.6 Å². The van der Waals surface area contributed by atoms with Crippen molar-refractivity contribution < 1.29 is 4.79 Å². The second kappa shape index (κ2) is 4.51. The van der Waals surface area contributed by atoms with Crippen LogP contribution in [0.15, 0.2) is 30.5 Å². The van der Waals surface area contributed by atoms with Crippen molar-refractivity contribution in [2.24, 2.45) is 0 Å². The number of hydrogen-bond acceptors (Lipinski definition) is 2. The number of allylic oxidation sites excluding steroid dienone is 1. The summed E-state index contributed by atoms with van der Waals surface area (Å²) in [5.74, 6) is 0. The van der Waals surface area contributed by atoms with Crippen LogP contribution < -0.4 is 0 Å². The van der Waals surface area contributed by atoms with Crippen LogP contribution in [0.5, 0.6) is 0 Å². The van der Waals surface area contributed by atoms with Crippen molar-refractivity contribution in [1.29, 1.82) is 0 Å². The van der Waals surface area contributed by atoms with Crippen molar-refractivity contribution in [3.63, 3.8) is 0 Å². The molecular formula is C12H19N3O. The Balaban J connectivity index is 3.04. The zero-order chi connectivity index (χ0) is 12.3. The van der Waals surface area contributed by atoms with E-state index in [1.54, 1.807) is 17.3 Å². The Morgan fingerprint density at radius 2 is 2.00 bits per heavy atom. The molecule has 0 bridgehead atoms. The standard InChI is InChI=1S/C12H19N3O/c1-10(2)8-15(12(3,4)5)11(16)14-7-6-13-9-14/h6-9H,1-5H3. The van der Waals surface area contributed by atoms with E-state index >= 15 is 0 Å². The van der Waals surface area contributed by atoms with Gasteiger partial charge in [-0.15, -0.1) is 0 Å². The van der Waals surface area contributed by atoms with E-state index in [0.29, 0.717) is 0 Å². The lowest BCUT2D eigenvalue weighted by atomic mass is 10.1. The van der Waals surface area contributed by atoms with Crippen LogP contribution in [-0.2, 0) is 0 Å². The molecule has 0 aliphatic rings. The highest BCUT2D eigenvalue weighted by molar-refractivity contribution is 5.78. The zero-order valence-corrected chi connectivity index (χ0v) is 10.6. The molecule has 0 aromatic carbocycles. The predicted molar refractivity (Wildman–Crippen MR) is 64.0 cm³/mol. The number of imidazole rings is 1. The van der Waals surface area contributed by atoms with Crippen LogP contribution in [0.2, 0.25) is 0 Å². The number of nitrogens with zero attached hydrogens (tertiary/aromatic N) is 3. The molecule has 1 amide bonds. The third-order valence-electron chi connectivity index (χ3n) is 2.04. The minimum atomic E-state index is -0.251. The summed E-state index contributed by atoms with van der Waals surface area (Å²) in [6, 6.07) is -0.0915. The van der Waals surface area contributed by atoms with Gasteiger partial charge in [0.2, 0.25) is 0 Å². The molecule has 0 unspecified atom stereocenters. The summed E-state index contributed by atoms with van der Waals surface area (Å²) in [4.78, 5) is 17.8. The Bertz CT molecular complexity index is 381. The summed E-state index contributed by atoms with van der Waals surface area (Å²) < 4.78 is 1.48. The number of carbonyl (C=O) groups excluding carboxylic acids is 1. The molecular weight excluding hydrogens is 202 g/mol. The van der Waals surface area contributed by atoms with E-state index in [-0.39, 0.29) is 11.6 Å². The van der Waals surface area contributed by atoms with Crippen LogP contribution in [0, 0.1) is 0 Å². The minimum Gasteiger partial charge on any atom is -0.295 e. The molecule has 0 spiro atoms. The fourth-order valence-corrected chi connectivity index (χ4v) is 1.29. The van der Waals surface area contributed by atoms with Gasteiger partial charge in [-0.25, -0.2) is 9.78 Å². The number of rotatable bonds is 1.